The van der Waals surface area contributed by atoms with Gasteiger partial charge in [0.2, 0.25) is 0 Å². The molecular weight excluding hydrogens is 174 g/mol. The van der Waals surface area contributed by atoms with E-state index in [1.165, 1.54) is 11.1 Å². The Morgan fingerprint density at radius 1 is 1.29 bits per heavy atom. The average Bonchev–Trinajstić information content (AvgIpc) is 2.88. The van der Waals surface area contributed by atoms with E-state index in [0.717, 1.165) is 19.3 Å². The SMILES string of the molecule is COCc1ccccc1CC1(N)CC1. The molecule has 2 nitrogen and oxygen atoms in total. The quantitative estimate of drug-likeness (QED) is 0.788. The summed E-state index contributed by atoms with van der Waals surface area (Å²) in [5.74, 6) is 0. The van der Waals surface area contributed by atoms with Gasteiger partial charge >= 0.3 is 0 Å². The van der Waals surface area contributed by atoms with Gasteiger partial charge in [-0.05, 0) is 30.4 Å². The summed E-state index contributed by atoms with van der Waals surface area (Å²) in [6, 6.07) is 8.39. The second-order valence-electron chi connectivity index (χ2n) is 4.24. The summed E-state index contributed by atoms with van der Waals surface area (Å²) >= 11 is 0. The molecule has 1 aliphatic rings. The molecule has 2 N–H and O–H groups in total. The molecule has 0 atom stereocenters. The van der Waals surface area contributed by atoms with E-state index in [0.29, 0.717) is 6.61 Å². The molecular formula is C12H17NO. The maximum atomic E-state index is 6.10. The van der Waals surface area contributed by atoms with Crippen LogP contribution in [0.1, 0.15) is 24.0 Å². The van der Waals surface area contributed by atoms with Crippen LogP contribution >= 0.6 is 0 Å². The standard InChI is InChI=1S/C12H17NO/c1-14-9-11-5-3-2-4-10(11)8-12(13)6-7-12/h2-5H,6-9,13H2,1H3. The van der Waals surface area contributed by atoms with E-state index in [-0.39, 0.29) is 5.54 Å². The third-order valence-electron chi connectivity index (χ3n) is 2.85. The summed E-state index contributed by atoms with van der Waals surface area (Å²) in [4.78, 5) is 0. The van der Waals surface area contributed by atoms with E-state index >= 15 is 0 Å². The molecule has 0 amide bonds. The normalized spacial score (nSPS) is 18.1. The van der Waals surface area contributed by atoms with Gasteiger partial charge in [0.15, 0.2) is 0 Å². The molecule has 1 aromatic carbocycles. The Kier molecular flexibility index (Phi) is 2.57. The number of hydrogen-bond acceptors (Lipinski definition) is 2. The van der Waals surface area contributed by atoms with Crippen molar-refractivity contribution in [2.24, 2.45) is 5.73 Å². The number of benzene rings is 1. The van der Waals surface area contributed by atoms with E-state index in [1.807, 2.05) is 6.07 Å². The van der Waals surface area contributed by atoms with Crippen molar-refractivity contribution in [2.75, 3.05) is 7.11 Å². The van der Waals surface area contributed by atoms with Crippen LogP contribution in [0.3, 0.4) is 0 Å². The third-order valence-corrected chi connectivity index (χ3v) is 2.85. The molecule has 0 spiro atoms. The van der Waals surface area contributed by atoms with Gasteiger partial charge in [0, 0.05) is 12.6 Å². The summed E-state index contributed by atoms with van der Waals surface area (Å²) < 4.78 is 5.16. The van der Waals surface area contributed by atoms with Gasteiger partial charge in [0.25, 0.3) is 0 Å². The van der Waals surface area contributed by atoms with E-state index in [4.69, 9.17) is 10.5 Å². The molecule has 1 aromatic rings. The third kappa shape index (κ3) is 2.14. The first-order chi connectivity index (χ1) is 6.73. The predicted molar refractivity (Wildman–Crippen MR) is 57.0 cm³/mol. The minimum absolute atomic E-state index is 0.0871. The topological polar surface area (TPSA) is 35.2 Å². The maximum Gasteiger partial charge on any atom is 0.0715 e. The van der Waals surface area contributed by atoms with Crippen molar-refractivity contribution in [3.63, 3.8) is 0 Å². The highest BCUT2D eigenvalue weighted by molar-refractivity contribution is 5.29. The molecule has 0 heterocycles. The van der Waals surface area contributed by atoms with E-state index < -0.39 is 0 Å². The first kappa shape index (κ1) is 9.69. The van der Waals surface area contributed by atoms with Gasteiger partial charge in [-0.1, -0.05) is 24.3 Å². The van der Waals surface area contributed by atoms with Gasteiger partial charge in [0.1, 0.15) is 0 Å². The van der Waals surface area contributed by atoms with Gasteiger partial charge in [-0.3, -0.25) is 0 Å². The molecule has 76 valence electrons. The second-order valence-corrected chi connectivity index (χ2v) is 4.24. The predicted octanol–water partition coefficient (Wildman–Crippen LogP) is 1.87. The van der Waals surface area contributed by atoms with Crippen LogP contribution in [-0.2, 0) is 17.8 Å². The van der Waals surface area contributed by atoms with Crippen LogP contribution in [0.5, 0.6) is 0 Å². The van der Waals surface area contributed by atoms with Crippen molar-refractivity contribution < 1.29 is 4.74 Å². The lowest BCUT2D eigenvalue weighted by molar-refractivity contribution is 0.184. The first-order valence-electron chi connectivity index (χ1n) is 5.08. The monoisotopic (exact) mass is 191 g/mol. The molecule has 0 saturated heterocycles. The number of methoxy groups -OCH3 is 1. The zero-order valence-corrected chi connectivity index (χ0v) is 8.62. The molecule has 2 rings (SSSR count). The highest BCUT2D eigenvalue weighted by Crippen LogP contribution is 2.36. The Morgan fingerprint density at radius 2 is 1.93 bits per heavy atom. The van der Waals surface area contributed by atoms with Gasteiger partial charge in [0.05, 0.1) is 6.61 Å². The zero-order chi connectivity index (χ0) is 10.0. The van der Waals surface area contributed by atoms with Crippen LogP contribution in [0.4, 0.5) is 0 Å². The summed E-state index contributed by atoms with van der Waals surface area (Å²) in [5, 5.41) is 0. The van der Waals surface area contributed by atoms with Crippen LogP contribution in [-0.4, -0.2) is 12.6 Å². The smallest absolute Gasteiger partial charge is 0.0715 e. The van der Waals surface area contributed by atoms with Crippen LogP contribution in [0.2, 0.25) is 0 Å². The lowest BCUT2D eigenvalue weighted by atomic mass is 10.00. The Balaban J connectivity index is 2.14. The maximum absolute atomic E-state index is 6.10. The Labute approximate surface area is 85.1 Å². The molecule has 0 aliphatic heterocycles. The van der Waals surface area contributed by atoms with Crippen molar-refractivity contribution in [1.29, 1.82) is 0 Å². The highest BCUT2D eigenvalue weighted by Gasteiger charge is 2.38. The molecule has 0 unspecified atom stereocenters. The molecule has 1 fully saturated rings. The van der Waals surface area contributed by atoms with Crippen molar-refractivity contribution in [3.05, 3.63) is 35.4 Å². The van der Waals surface area contributed by atoms with Gasteiger partial charge in [-0.25, -0.2) is 0 Å². The average molecular weight is 191 g/mol. The van der Waals surface area contributed by atoms with Gasteiger partial charge < -0.3 is 10.5 Å². The van der Waals surface area contributed by atoms with Crippen LogP contribution in [0.15, 0.2) is 24.3 Å². The number of hydrogen-bond donors (Lipinski definition) is 1. The number of rotatable bonds is 4. The molecule has 0 aromatic heterocycles. The molecule has 14 heavy (non-hydrogen) atoms. The highest BCUT2D eigenvalue weighted by atomic mass is 16.5. The summed E-state index contributed by atoms with van der Waals surface area (Å²) in [5.41, 5.74) is 8.80. The lowest BCUT2D eigenvalue weighted by Gasteiger charge is -2.12. The van der Waals surface area contributed by atoms with E-state index in [9.17, 15) is 0 Å². The molecule has 0 radical (unpaired) electrons. The Bertz CT molecular complexity index is 318. The Hall–Kier alpha value is -0.860. The molecule has 1 aliphatic carbocycles. The van der Waals surface area contributed by atoms with Crippen molar-refractivity contribution in [1.82, 2.24) is 0 Å². The number of nitrogens with two attached hydrogens (primary N) is 1. The Morgan fingerprint density at radius 3 is 2.50 bits per heavy atom. The van der Waals surface area contributed by atoms with Crippen LogP contribution in [0, 0.1) is 0 Å². The fraction of sp³-hybridized carbons (Fsp3) is 0.500. The summed E-state index contributed by atoms with van der Waals surface area (Å²) in [7, 11) is 1.73. The largest absolute Gasteiger partial charge is 0.380 e. The van der Waals surface area contributed by atoms with Crippen molar-refractivity contribution in [3.8, 4) is 0 Å². The minimum Gasteiger partial charge on any atom is -0.380 e. The summed E-state index contributed by atoms with van der Waals surface area (Å²) in [6.45, 7) is 0.687. The summed E-state index contributed by atoms with van der Waals surface area (Å²) in [6.07, 6.45) is 3.31. The van der Waals surface area contributed by atoms with Crippen LogP contribution < -0.4 is 5.73 Å². The fourth-order valence-electron chi connectivity index (χ4n) is 1.74. The second kappa shape index (κ2) is 3.71. The minimum atomic E-state index is 0.0871. The van der Waals surface area contributed by atoms with Crippen LogP contribution in [0.25, 0.3) is 0 Å². The first-order valence-corrected chi connectivity index (χ1v) is 5.08. The van der Waals surface area contributed by atoms with Crippen molar-refractivity contribution in [2.45, 2.75) is 31.4 Å². The molecule has 2 heteroatoms. The fourth-order valence-corrected chi connectivity index (χ4v) is 1.74. The zero-order valence-electron chi connectivity index (χ0n) is 8.62. The van der Waals surface area contributed by atoms with Gasteiger partial charge in [-0.2, -0.15) is 0 Å². The lowest BCUT2D eigenvalue weighted by Crippen LogP contribution is -2.25. The number of ether oxygens (including phenoxy) is 1. The van der Waals surface area contributed by atoms with E-state index in [2.05, 4.69) is 18.2 Å². The molecule has 1 saturated carbocycles. The molecule has 0 bridgehead atoms. The van der Waals surface area contributed by atoms with Gasteiger partial charge in [-0.15, -0.1) is 0 Å². The van der Waals surface area contributed by atoms with E-state index in [1.54, 1.807) is 7.11 Å². The van der Waals surface area contributed by atoms with Crippen molar-refractivity contribution >= 4 is 0 Å².